The number of hydrogen-bond acceptors (Lipinski definition) is 2. The van der Waals surface area contributed by atoms with E-state index < -0.39 is 0 Å². The number of halogens is 1. The molecule has 0 aliphatic carbocycles. The number of hydrogen-bond donors (Lipinski definition) is 0. The second-order valence-electron chi connectivity index (χ2n) is 5.32. The molecule has 0 radical (unpaired) electrons. The van der Waals surface area contributed by atoms with Crippen LogP contribution in [0.1, 0.15) is 27.9 Å². The zero-order valence-corrected chi connectivity index (χ0v) is 12.9. The number of aryl methyl sites for hydroxylation is 2. The van der Waals surface area contributed by atoms with Gasteiger partial charge < -0.3 is 0 Å². The normalized spacial score (nSPS) is 14.7. The van der Waals surface area contributed by atoms with E-state index in [0.29, 0.717) is 0 Å². The minimum Gasteiger partial charge on any atom is -0.289 e. The Morgan fingerprint density at radius 2 is 2.00 bits per heavy atom. The average molecular weight is 317 g/mol. The Labute approximate surface area is 122 Å². The van der Waals surface area contributed by atoms with Crippen molar-refractivity contribution < 1.29 is 0 Å². The van der Waals surface area contributed by atoms with Gasteiger partial charge in [0.2, 0.25) is 0 Å². The number of nitrogens with zero attached hydrogens (tertiary/aromatic N) is 2. The second kappa shape index (κ2) is 5.06. The molecular formula is C16H17BrN2. The van der Waals surface area contributed by atoms with E-state index in [1.54, 1.807) is 0 Å². The number of benzene rings is 1. The number of fused-ring (bicyclic) bond motifs is 1. The molecule has 1 aromatic carbocycles. The van der Waals surface area contributed by atoms with Gasteiger partial charge in [-0.15, -0.1) is 0 Å². The molecule has 0 unspecified atom stereocenters. The van der Waals surface area contributed by atoms with Crippen LogP contribution in [-0.4, -0.2) is 9.88 Å². The first-order valence-corrected chi connectivity index (χ1v) is 7.33. The Morgan fingerprint density at radius 3 is 2.79 bits per heavy atom. The van der Waals surface area contributed by atoms with Gasteiger partial charge in [-0.2, -0.15) is 0 Å². The summed E-state index contributed by atoms with van der Waals surface area (Å²) in [5.74, 6) is 0. The summed E-state index contributed by atoms with van der Waals surface area (Å²) in [5.41, 5.74) is 6.68. The second-order valence-corrected chi connectivity index (χ2v) is 6.24. The molecule has 0 fully saturated rings. The summed E-state index contributed by atoms with van der Waals surface area (Å²) in [7, 11) is 0. The maximum atomic E-state index is 4.49. The van der Waals surface area contributed by atoms with E-state index in [9.17, 15) is 0 Å². The van der Waals surface area contributed by atoms with Gasteiger partial charge >= 0.3 is 0 Å². The highest BCUT2D eigenvalue weighted by molar-refractivity contribution is 9.10. The standard InChI is InChI=1S/C16H17BrN2/c1-11-3-4-13(5-12(11)2)8-19-9-14-6-15(17)7-18-16(14)10-19/h3-7H,8-10H2,1-2H3. The molecule has 3 heteroatoms. The first-order chi connectivity index (χ1) is 9.11. The molecule has 2 heterocycles. The van der Waals surface area contributed by atoms with Gasteiger partial charge in [-0.1, -0.05) is 18.2 Å². The monoisotopic (exact) mass is 316 g/mol. The third kappa shape index (κ3) is 2.72. The molecule has 2 nitrogen and oxygen atoms in total. The fourth-order valence-electron chi connectivity index (χ4n) is 2.57. The smallest absolute Gasteiger partial charge is 0.0590 e. The summed E-state index contributed by atoms with van der Waals surface area (Å²) in [5, 5.41) is 0. The molecule has 1 aliphatic rings. The molecule has 0 saturated heterocycles. The zero-order valence-electron chi connectivity index (χ0n) is 11.3. The molecule has 19 heavy (non-hydrogen) atoms. The summed E-state index contributed by atoms with van der Waals surface area (Å²) >= 11 is 3.49. The largest absolute Gasteiger partial charge is 0.289 e. The molecule has 1 aliphatic heterocycles. The van der Waals surface area contributed by atoms with Gasteiger partial charge in [0.25, 0.3) is 0 Å². The Morgan fingerprint density at radius 1 is 1.16 bits per heavy atom. The van der Waals surface area contributed by atoms with Crippen LogP contribution in [0.5, 0.6) is 0 Å². The lowest BCUT2D eigenvalue weighted by atomic mass is 10.1. The van der Waals surface area contributed by atoms with Gasteiger partial charge in [-0.3, -0.25) is 9.88 Å². The summed E-state index contributed by atoms with van der Waals surface area (Å²) in [6.45, 7) is 7.28. The number of rotatable bonds is 2. The molecule has 0 atom stereocenters. The van der Waals surface area contributed by atoms with E-state index in [2.05, 4.69) is 63.9 Å². The quantitative estimate of drug-likeness (QED) is 0.833. The van der Waals surface area contributed by atoms with E-state index in [0.717, 1.165) is 24.1 Å². The first-order valence-electron chi connectivity index (χ1n) is 6.53. The van der Waals surface area contributed by atoms with Crippen LogP contribution in [0, 0.1) is 13.8 Å². The molecule has 2 aromatic rings. The topological polar surface area (TPSA) is 16.1 Å². The lowest BCUT2D eigenvalue weighted by Gasteiger charge is -2.15. The fraction of sp³-hybridized carbons (Fsp3) is 0.312. The van der Waals surface area contributed by atoms with Crippen molar-refractivity contribution in [2.75, 3.05) is 0 Å². The minimum atomic E-state index is 0.954. The predicted molar refractivity (Wildman–Crippen MR) is 80.8 cm³/mol. The average Bonchev–Trinajstić information content (AvgIpc) is 2.75. The van der Waals surface area contributed by atoms with Crippen LogP contribution in [0.3, 0.4) is 0 Å². The highest BCUT2D eigenvalue weighted by atomic mass is 79.9. The van der Waals surface area contributed by atoms with Crippen LogP contribution < -0.4 is 0 Å². The van der Waals surface area contributed by atoms with Gasteiger partial charge in [0.15, 0.2) is 0 Å². The Bertz CT molecular complexity index is 622. The van der Waals surface area contributed by atoms with Crippen molar-refractivity contribution in [3.05, 3.63) is 62.9 Å². The van der Waals surface area contributed by atoms with Crippen molar-refractivity contribution in [2.45, 2.75) is 33.5 Å². The van der Waals surface area contributed by atoms with Crippen LogP contribution in [0.15, 0.2) is 34.9 Å². The molecule has 0 N–H and O–H groups in total. The van der Waals surface area contributed by atoms with Crippen LogP contribution in [0.2, 0.25) is 0 Å². The van der Waals surface area contributed by atoms with E-state index in [1.165, 1.54) is 27.9 Å². The Balaban J connectivity index is 1.75. The molecule has 0 bridgehead atoms. The summed E-state index contributed by atoms with van der Waals surface area (Å²) in [6.07, 6.45) is 1.89. The molecule has 0 amide bonds. The molecule has 0 spiro atoms. The van der Waals surface area contributed by atoms with Gasteiger partial charge in [-0.05, 0) is 58.1 Å². The van der Waals surface area contributed by atoms with E-state index >= 15 is 0 Å². The van der Waals surface area contributed by atoms with Gasteiger partial charge in [0.05, 0.1) is 5.69 Å². The lowest BCUT2D eigenvalue weighted by Crippen LogP contribution is -2.15. The first kappa shape index (κ1) is 12.8. The highest BCUT2D eigenvalue weighted by Crippen LogP contribution is 2.25. The summed E-state index contributed by atoms with van der Waals surface area (Å²) < 4.78 is 1.07. The van der Waals surface area contributed by atoms with Crippen LogP contribution >= 0.6 is 15.9 Å². The molecule has 0 saturated carbocycles. The van der Waals surface area contributed by atoms with Gasteiger partial charge in [0.1, 0.15) is 0 Å². The van der Waals surface area contributed by atoms with E-state index in [-0.39, 0.29) is 0 Å². The third-order valence-electron chi connectivity index (χ3n) is 3.77. The molecule has 98 valence electrons. The summed E-state index contributed by atoms with van der Waals surface area (Å²) in [4.78, 5) is 6.93. The number of aromatic nitrogens is 1. The minimum absolute atomic E-state index is 0.954. The third-order valence-corrected chi connectivity index (χ3v) is 4.21. The van der Waals surface area contributed by atoms with Crippen molar-refractivity contribution in [3.8, 4) is 0 Å². The van der Waals surface area contributed by atoms with Crippen LogP contribution in [0.25, 0.3) is 0 Å². The Hall–Kier alpha value is -1.19. The van der Waals surface area contributed by atoms with Crippen molar-refractivity contribution in [2.24, 2.45) is 0 Å². The SMILES string of the molecule is Cc1ccc(CN2Cc3cc(Br)cnc3C2)cc1C. The van der Waals surface area contributed by atoms with Crippen molar-refractivity contribution in [3.63, 3.8) is 0 Å². The van der Waals surface area contributed by atoms with Crippen molar-refractivity contribution in [1.82, 2.24) is 9.88 Å². The maximum absolute atomic E-state index is 4.49. The predicted octanol–water partition coefficient (Wildman–Crippen LogP) is 3.98. The van der Waals surface area contributed by atoms with E-state index in [1.807, 2.05) is 6.20 Å². The van der Waals surface area contributed by atoms with Crippen LogP contribution in [0.4, 0.5) is 0 Å². The van der Waals surface area contributed by atoms with Crippen molar-refractivity contribution >= 4 is 15.9 Å². The van der Waals surface area contributed by atoms with Crippen molar-refractivity contribution in [1.29, 1.82) is 0 Å². The molecule has 3 rings (SSSR count). The Kier molecular flexibility index (Phi) is 3.42. The number of pyridine rings is 1. The van der Waals surface area contributed by atoms with Gasteiger partial charge in [0, 0.05) is 30.3 Å². The maximum Gasteiger partial charge on any atom is 0.0590 e. The molecular weight excluding hydrogens is 300 g/mol. The highest BCUT2D eigenvalue weighted by Gasteiger charge is 2.20. The van der Waals surface area contributed by atoms with E-state index in [4.69, 9.17) is 0 Å². The van der Waals surface area contributed by atoms with Gasteiger partial charge in [-0.25, -0.2) is 0 Å². The lowest BCUT2D eigenvalue weighted by molar-refractivity contribution is 0.274. The fourth-order valence-corrected chi connectivity index (χ4v) is 2.95. The summed E-state index contributed by atoms with van der Waals surface area (Å²) in [6, 6.07) is 8.92. The molecule has 1 aromatic heterocycles. The van der Waals surface area contributed by atoms with Crippen LogP contribution in [-0.2, 0) is 19.6 Å². The zero-order chi connectivity index (χ0) is 13.4.